The number of para-hydroxylation sites is 2. The Hall–Kier alpha value is -5.07. The van der Waals surface area contributed by atoms with E-state index in [1.165, 1.54) is 21.7 Å². The predicted octanol–water partition coefficient (Wildman–Crippen LogP) is 6.10. The quantitative estimate of drug-likeness (QED) is 0.0788. The fraction of sp³-hybridized carbons (Fsp3) is 0.0370. The first-order valence-corrected chi connectivity index (χ1v) is 14.3. The van der Waals surface area contributed by atoms with Crippen LogP contribution in [-0.4, -0.2) is 37.7 Å². The first-order valence-electron chi connectivity index (χ1n) is 12.1. The lowest BCUT2D eigenvalue weighted by Crippen LogP contribution is -2.14. The smallest absolute Gasteiger partial charge is 0.299 e. The van der Waals surface area contributed by atoms with Gasteiger partial charge in [0.2, 0.25) is 17.2 Å². The van der Waals surface area contributed by atoms with Crippen molar-refractivity contribution in [2.45, 2.75) is 11.8 Å². The van der Waals surface area contributed by atoms with Crippen LogP contribution in [0, 0.1) is 19.4 Å². The number of halogens is 2. The van der Waals surface area contributed by atoms with Crippen molar-refractivity contribution in [3.63, 3.8) is 0 Å². The van der Waals surface area contributed by atoms with Crippen LogP contribution in [0.3, 0.4) is 0 Å². The summed E-state index contributed by atoms with van der Waals surface area (Å²) in [6, 6.07) is 21.7. The summed E-state index contributed by atoms with van der Waals surface area (Å²) in [6.07, 6.45) is 5.69. The van der Waals surface area contributed by atoms with Crippen molar-refractivity contribution in [3.05, 3.63) is 99.2 Å². The SMILES string of the molecule is C#CN(c1ccccc1)c1nc(Cl)nc(Nc2ccc(S(=O)(=O)O)c(N=Nc3c(C)[nH]n(-c4ccccc4Cl)c3=O)c2)n1. The maximum absolute atomic E-state index is 13.1. The minimum Gasteiger partial charge on any atom is -0.324 e. The third-order valence-corrected chi connectivity index (χ3v) is 7.21. The highest BCUT2D eigenvalue weighted by atomic mass is 35.5. The van der Waals surface area contributed by atoms with Gasteiger partial charge in [-0.2, -0.15) is 23.4 Å². The van der Waals surface area contributed by atoms with Gasteiger partial charge >= 0.3 is 0 Å². The number of nitrogens with zero attached hydrogens (tertiary/aromatic N) is 7. The third kappa shape index (κ3) is 6.40. The van der Waals surface area contributed by atoms with Crippen LogP contribution in [0.15, 0.2) is 92.7 Å². The first kappa shape index (κ1) is 29.4. The highest BCUT2D eigenvalue weighted by Gasteiger charge is 2.19. The molecule has 216 valence electrons. The van der Waals surface area contributed by atoms with Crippen molar-refractivity contribution in [1.82, 2.24) is 24.7 Å². The second-order valence-electron chi connectivity index (χ2n) is 8.69. The van der Waals surface area contributed by atoms with E-state index in [1.807, 2.05) is 6.07 Å². The van der Waals surface area contributed by atoms with Gasteiger partial charge in [0.25, 0.3) is 15.7 Å². The first-order chi connectivity index (χ1) is 20.5. The topological polar surface area (TPSA) is 171 Å². The molecular weight excluding hydrogens is 617 g/mol. The molecule has 0 radical (unpaired) electrons. The summed E-state index contributed by atoms with van der Waals surface area (Å²) in [5, 5.41) is 13.9. The number of aryl methyl sites for hydroxylation is 1. The average molecular weight is 636 g/mol. The molecule has 0 aliphatic carbocycles. The molecule has 0 amide bonds. The van der Waals surface area contributed by atoms with Crippen LogP contribution in [0.2, 0.25) is 10.3 Å². The maximum atomic E-state index is 13.1. The van der Waals surface area contributed by atoms with Crippen LogP contribution >= 0.6 is 23.2 Å². The summed E-state index contributed by atoms with van der Waals surface area (Å²) in [5.41, 5.74) is 0.582. The number of aromatic amines is 1. The molecule has 0 saturated carbocycles. The third-order valence-electron chi connectivity index (χ3n) is 5.82. The lowest BCUT2D eigenvalue weighted by Gasteiger charge is -2.16. The van der Waals surface area contributed by atoms with E-state index in [2.05, 4.69) is 41.6 Å². The van der Waals surface area contributed by atoms with Crippen molar-refractivity contribution in [2.75, 3.05) is 10.2 Å². The molecule has 0 atom stereocenters. The second kappa shape index (κ2) is 12.0. The molecule has 3 aromatic carbocycles. The fourth-order valence-electron chi connectivity index (χ4n) is 3.90. The zero-order valence-corrected chi connectivity index (χ0v) is 24.3. The summed E-state index contributed by atoms with van der Waals surface area (Å²) in [5.74, 6) is 0.0150. The van der Waals surface area contributed by atoms with Crippen molar-refractivity contribution in [1.29, 1.82) is 0 Å². The largest absolute Gasteiger partial charge is 0.324 e. The van der Waals surface area contributed by atoms with Crippen LogP contribution in [0.4, 0.5) is 34.6 Å². The molecule has 2 aromatic heterocycles. The zero-order chi connectivity index (χ0) is 30.7. The number of benzene rings is 3. The van der Waals surface area contributed by atoms with Crippen LogP contribution in [0.5, 0.6) is 0 Å². The van der Waals surface area contributed by atoms with Crippen molar-refractivity contribution in [3.8, 4) is 18.2 Å². The monoisotopic (exact) mass is 635 g/mol. The number of anilines is 4. The Kier molecular flexibility index (Phi) is 8.24. The fourth-order valence-corrected chi connectivity index (χ4v) is 4.88. The molecule has 0 bridgehead atoms. The van der Waals surface area contributed by atoms with E-state index < -0.39 is 20.6 Å². The predicted molar refractivity (Wildman–Crippen MR) is 162 cm³/mol. The number of hydrogen-bond donors (Lipinski definition) is 3. The number of hydrogen-bond acceptors (Lipinski definition) is 10. The van der Waals surface area contributed by atoms with Crippen molar-refractivity contribution in [2.24, 2.45) is 10.2 Å². The molecule has 13 nitrogen and oxygen atoms in total. The van der Waals surface area contributed by atoms with E-state index in [1.54, 1.807) is 55.5 Å². The molecule has 5 aromatic rings. The average Bonchev–Trinajstić information content (AvgIpc) is 3.24. The van der Waals surface area contributed by atoms with Gasteiger partial charge in [0, 0.05) is 11.7 Å². The molecule has 5 rings (SSSR count). The van der Waals surface area contributed by atoms with E-state index >= 15 is 0 Å². The molecule has 43 heavy (non-hydrogen) atoms. The molecule has 16 heteroatoms. The van der Waals surface area contributed by atoms with Gasteiger partial charge in [-0.25, -0.2) is 9.58 Å². The van der Waals surface area contributed by atoms with Crippen molar-refractivity contribution >= 4 is 68.0 Å². The van der Waals surface area contributed by atoms with Gasteiger partial charge in [0.15, 0.2) is 5.69 Å². The summed E-state index contributed by atoms with van der Waals surface area (Å²) in [7, 11) is -4.73. The van der Waals surface area contributed by atoms with Crippen LogP contribution < -0.4 is 15.8 Å². The summed E-state index contributed by atoms with van der Waals surface area (Å²) >= 11 is 12.4. The minimum absolute atomic E-state index is 0.0298. The molecule has 2 heterocycles. The van der Waals surface area contributed by atoms with E-state index in [-0.39, 0.29) is 34.2 Å². The number of H-pyrrole nitrogens is 1. The number of aromatic nitrogens is 5. The van der Waals surface area contributed by atoms with Gasteiger partial charge in [-0.15, -0.1) is 10.2 Å². The van der Waals surface area contributed by atoms with Gasteiger partial charge < -0.3 is 5.32 Å². The highest BCUT2D eigenvalue weighted by molar-refractivity contribution is 7.86. The van der Waals surface area contributed by atoms with Gasteiger partial charge in [-0.1, -0.05) is 48.4 Å². The standard InChI is InChI=1S/C27H19Cl2N9O4S/c1-3-37(18-9-5-4-6-10-18)27-32-25(29)31-26(33-27)30-17-13-14-22(43(40,41)42)20(15-17)34-35-23-16(2)36-38(24(23)39)21-12-8-7-11-19(21)28/h1,4-15,36H,2H3,(H,40,41,42)(H,30,31,32,33). The van der Waals surface area contributed by atoms with Gasteiger partial charge in [-0.05, 0) is 61.0 Å². The number of azo groups is 1. The van der Waals surface area contributed by atoms with Crippen LogP contribution in [0.1, 0.15) is 5.69 Å². The second-order valence-corrected chi connectivity index (χ2v) is 10.8. The lowest BCUT2D eigenvalue weighted by molar-refractivity contribution is 0.483. The molecule has 0 aliphatic rings. The maximum Gasteiger partial charge on any atom is 0.299 e. The summed E-state index contributed by atoms with van der Waals surface area (Å²) in [4.78, 5) is 26.3. The zero-order valence-electron chi connectivity index (χ0n) is 22.0. The Labute approximate surface area is 254 Å². The molecule has 3 N–H and O–H groups in total. The summed E-state index contributed by atoms with van der Waals surface area (Å²) < 4.78 is 35.2. The Balaban J connectivity index is 1.51. The lowest BCUT2D eigenvalue weighted by atomic mass is 10.3. The van der Waals surface area contributed by atoms with Gasteiger partial charge in [-0.3, -0.25) is 14.4 Å². The Bertz CT molecular complexity index is 2070. The normalized spacial score (nSPS) is 11.4. The molecule has 0 saturated heterocycles. The van der Waals surface area contributed by atoms with E-state index in [0.717, 1.165) is 6.07 Å². The molecule has 0 aliphatic heterocycles. The van der Waals surface area contributed by atoms with Crippen LogP contribution in [-0.2, 0) is 10.1 Å². The minimum atomic E-state index is -4.73. The molecule has 0 spiro atoms. The Morgan fingerprint density at radius 1 is 1.02 bits per heavy atom. The molecule has 0 unspecified atom stereocenters. The van der Waals surface area contributed by atoms with Gasteiger partial charge in [0.05, 0.1) is 22.1 Å². The number of nitrogens with one attached hydrogen (secondary N) is 2. The van der Waals surface area contributed by atoms with E-state index in [0.29, 0.717) is 22.1 Å². The number of terminal acetylenes is 1. The molecular formula is C27H19Cl2N9O4S. The van der Waals surface area contributed by atoms with Crippen LogP contribution in [0.25, 0.3) is 5.69 Å². The van der Waals surface area contributed by atoms with Gasteiger partial charge in [0.1, 0.15) is 10.6 Å². The van der Waals surface area contributed by atoms with Crippen molar-refractivity contribution < 1.29 is 13.0 Å². The van der Waals surface area contributed by atoms with E-state index in [9.17, 15) is 17.8 Å². The Morgan fingerprint density at radius 2 is 1.74 bits per heavy atom. The highest BCUT2D eigenvalue weighted by Crippen LogP contribution is 2.31. The number of rotatable bonds is 8. The summed E-state index contributed by atoms with van der Waals surface area (Å²) in [6.45, 7) is 1.59. The van der Waals surface area contributed by atoms with E-state index in [4.69, 9.17) is 29.6 Å². The molecule has 0 fully saturated rings. The Morgan fingerprint density at radius 3 is 2.44 bits per heavy atom.